The molecule has 0 spiro atoms. The highest BCUT2D eigenvalue weighted by atomic mass is 16.5. The van der Waals surface area contributed by atoms with Crippen LogP contribution in [-0.4, -0.2) is 21.4 Å². The lowest BCUT2D eigenvalue weighted by molar-refractivity contribution is 0.155. The molecule has 0 aliphatic rings. The zero-order valence-electron chi connectivity index (χ0n) is 15.7. The van der Waals surface area contributed by atoms with Crippen LogP contribution in [0.5, 0.6) is 5.75 Å². The Bertz CT molecular complexity index is 1130. The lowest BCUT2D eigenvalue weighted by Crippen LogP contribution is -2.27. The van der Waals surface area contributed by atoms with Gasteiger partial charge in [0, 0.05) is 0 Å². The number of benzene rings is 3. The topological polar surface area (TPSA) is 63.2 Å². The molecule has 5 nitrogen and oxygen atoms in total. The monoisotopic (exact) mass is 373 g/mol. The molecule has 0 unspecified atom stereocenters. The van der Waals surface area contributed by atoms with Gasteiger partial charge in [-0.2, -0.15) is 0 Å². The molecule has 2 N–H and O–H groups in total. The van der Waals surface area contributed by atoms with Crippen LogP contribution in [0.1, 0.15) is 17.2 Å². The minimum atomic E-state index is -0.712. The molecule has 0 bridgehead atoms. The Hall–Kier alpha value is -3.31. The average Bonchev–Trinajstić information content (AvgIpc) is 3.00. The molecule has 4 aromatic rings. The van der Waals surface area contributed by atoms with Gasteiger partial charge in [0.05, 0.1) is 37.3 Å². The minimum Gasteiger partial charge on any atom is -0.497 e. The Balaban J connectivity index is 1.70. The average molecular weight is 373 g/mol. The molecule has 0 saturated heterocycles. The van der Waals surface area contributed by atoms with Crippen molar-refractivity contribution in [3.63, 3.8) is 0 Å². The summed E-state index contributed by atoms with van der Waals surface area (Å²) in [7, 11) is 1.62. The first-order chi connectivity index (χ1) is 13.7. The van der Waals surface area contributed by atoms with E-state index in [0.717, 1.165) is 27.9 Å². The number of methoxy groups -OCH3 is 1. The van der Waals surface area contributed by atoms with Gasteiger partial charge in [0.15, 0.2) is 0 Å². The van der Waals surface area contributed by atoms with Gasteiger partial charge < -0.3 is 19.0 Å². The van der Waals surface area contributed by atoms with Gasteiger partial charge in [-0.3, -0.25) is 5.41 Å². The Morgan fingerprint density at radius 2 is 1.46 bits per heavy atom. The predicted molar refractivity (Wildman–Crippen MR) is 109 cm³/mol. The molecule has 1 aromatic heterocycles. The van der Waals surface area contributed by atoms with Crippen molar-refractivity contribution in [3.8, 4) is 5.75 Å². The first-order valence-corrected chi connectivity index (χ1v) is 9.26. The highest BCUT2D eigenvalue weighted by Crippen LogP contribution is 2.21. The molecule has 4 rings (SSSR count). The summed E-state index contributed by atoms with van der Waals surface area (Å²) in [5, 5.41) is 19.5. The molecule has 0 saturated carbocycles. The van der Waals surface area contributed by atoms with Gasteiger partial charge in [0.25, 0.3) is 0 Å². The summed E-state index contributed by atoms with van der Waals surface area (Å²) in [6.07, 6.45) is -0.712. The summed E-state index contributed by atoms with van der Waals surface area (Å²) in [5.41, 5.74) is 4.24. The Morgan fingerprint density at radius 3 is 2.11 bits per heavy atom. The van der Waals surface area contributed by atoms with Crippen molar-refractivity contribution in [1.29, 1.82) is 5.41 Å². The summed E-state index contributed by atoms with van der Waals surface area (Å²) in [6.45, 7) is 0.930. The first kappa shape index (κ1) is 18.1. The molecule has 28 heavy (non-hydrogen) atoms. The van der Waals surface area contributed by atoms with Crippen molar-refractivity contribution in [1.82, 2.24) is 9.13 Å². The standard InChI is InChI=1S/C23H23N3O2/c1-28-19-13-11-18(12-14-19)22(27)16-26-21-10-6-5-9-20(21)25(23(26)24)15-17-7-3-2-4-8-17/h2-14,22,24,27H,15-16H2,1H3/t22-/m0/s1. The molecule has 5 heteroatoms. The summed E-state index contributed by atoms with van der Waals surface area (Å²) in [5.74, 6) is 0.754. The summed E-state index contributed by atoms with van der Waals surface area (Å²) in [4.78, 5) is 0. The zero-order valence-corrected chi connectivity index (χ0v) is 15.7. The van der Waals surface area contributed by atoms with Crippen LogP contribution in [0.3, 0.4) is 0 Å². The normalized spacial score (nSPS) is 12.2. The van der Waals surface area contributed by atoms with E-state index in [0.29, 0.717) is 18.7 Å². The van der Waals surface area contributed by atoms with Crippen LogP contribution in [0.25, 0.3) is 11.0 Å². The van der Waals surface area contributed by atoms with Crippen LogP contribution in [0, 0.1) is 5.41 Å². The van der Waals surface area contributed by atoms with Crippen LogP contribution in [0.4, 0.5) is 0 Å². The fraction of sp³-hybridized carbons (Fsp3) is 0.174. The maximum Gasteiger partial charge on any atom is 0.203 e. The fourth-order valence-electron chi connectivity index (χ4n) is 3.51. The summed E-state index contributed by atoms with van der Waals surface area (Å²) in [6, 6.07) is 25.5. The maximum absolute atomic E-state index is 10.8. The fourth-order valence-corrected chi connectivity index (χ4v) is 3.51. The predicted octanol–water partition coefficient (Wildman–Crippen LogP) is 3.71. The maximum atomic E-state index is 10.8. The van der Waals surface area contributed by atoms with E-state index in [9.17, 15) is 5.11 Å². The number of fused-ring (bicyclic) bond motifs is 1. The second-order valence-electron chi connectivity index (χ2n) is 6.78. The molecule has 3 aromatic carbocycles. The van der Waals surface area contributed by atoms with Crippen LogP contribution < -0.4 is 10.4 Å². The van der Waals surface area contributed by atoms with Crippen molar-refractivity contribution >= 4 is 11.0 Å². The number of aromatic nitrogens is 2. The van der Waals surface area contributed by atoms with E-state index in [-0.39, 0.29) is 0 Å². The summed E-state index contributed by atoms with van der Waals surface area (Å²) >= 11 is 0. The third-order valence-electron chi connectivity index (χ3n) is 5.01. The highest BCUT2D eigenvalue weighted by Gasteiger charge is 2.15. The van der Waals surface area contributed by atoms with Crippen molar-refractivity contribution in [3.05, 3.63) is 95.6 Å². The number of hydrogen-bond acceptors (Lipinski definition) is 3. The first-order valence-electron chi connectivity index (χ1n) is 9.26. The second-order valence-corrected chi connectivity index (χ2v) is 6.78. The minimum absolute atomic E-state index is 0.313. The van der Waals surface area contributed by atoms with Crippen molar-refractivity contribution in [2.45, 2.75) is 19.2 Å². The largest absolute Gasteiger partial charge is 0.497 e. The van der Waals surface area contributed by atoms with Crippen LogP contribution in [0.2, 0.25) is 0 Å². The van der Waals surface area contributed by atoms with Gasteiger partial charge in [0.2, 0.25) is 5.62 Å². The number of ether oxygens (including phenoxy) is 1. The molecule has 1 heterocycles. The van der Waals surface area contributed by atoms with Gasteiger partial charge in [0.1, 0.15) is 5.75 Å². The van der Waals surface area contributed by atoms with Crippen LogP contribution in [0.15, 0.2) is 78.9 Å². The van der Waals surface area contributed by atoms with E-state index in [1.54, 1.807) is 7.11 Å². The zero-order chi connectivity index (χ0) is 19.5. The van der Waals surface area contributed by atoms with Crippen molar-refractivity contribution < 1.29 is 9.84 Å². The molecule has 0 fully saturated rings. The quantitative estimate of drug-likeness (QED) is 0.541. The molecule has 1 atom stereocenters. The Morgan fingerprint density at radius 1 is 0.857 bits per heavy atom. The molecule has 0 radical (unpaired) electrons. The van der Waals surface area contributed by atoms with Gasteiger partial charge in [-0.25, -0.2) is 0 Å². The Labute approximate surface area is 163 Å². The number of para-hydroxylation sites is 2. The summed E-state index contributed by atoms with van der Waals surface area (Å²) < 4.78 is 9.03. The van der Waals surface area contributed by atoms with Crippen molar-refractivity contribution in [2.75, 3.05) is 7.11 Å². The van der Waals surface area contributed by atoms with Gasteiger partial charge in [-0.1, -0.05) is 54.6 Å². The van der Waals surface area contributed by atoms with Gasteiger partial charge in [-0.15, -0.1) is 0 Å². The highest BCUT2D eigenvalue weighted by molar-refractivity contribution is 5.76. The molecular formula is C23H23N3O2. The molecule has 0 aliphatic carbocycles. The Kier molecular flexibility index (Phi) is 5.00. The number of hydrogen-bond donors (Lipinski definition) is 2. The number of rotatable bonds is 6. The van der Waals surface area contributed by atoms with E-state index in [1.807, 2.05) is 75.9 Å². The van der Waals surface area contributed by atoms with Crippen molar-refractivity contribution in [2.24, 2.45) is 0 Å². The SMILES string of the molecule is COc1ccc([C@@H](O)Cn2c(=N)n(Cc3ccccc3)c3ccccc32)cc1. The van der Waals surface area contributed by atoms with Crippen LogP contribution >= 0.6 is 0 Å². The third-order valence-corrected chi connectivity index (χ3v) is 5.01. The second kappa shape index (κ2) is 7.74. The van der Waals surface area contributed by atoms with Gasteiger partial charge >= 0.3 is 0 Å². The van der Waals surface area contributed by atoms with E-state index in [2.05, 4.69) is 12.1 Å². The molecular weight excluding hydrogens is 350 g/mol. The lowest BCUT2D eigenvalue weighted by atomic mass is 10.1. The molecule has 142 valence electrons. The number of aliphatic hydroxyl groups is 1. The van der Waals surface area contributed by atoms with Crippen LogP contribution in [-0.2, 0) is 13.1 Å². The third kappa shape index (κ3) is 3.44. The number of nitrogens with zero attached hydrogens (tertiary/aromatic N) is 2. The molecule has 0 amide bonds. The number of aliphatic hydroxyl groups excluding tert-OH is 1. The van der Waals surface area contributed by atoms with E-state index < -0.39 is 6.10 Å². The van der Waals surface area contributed by atoms with E-state index >= 15 is 0 Å². The molecule has 0 aliphatic heterocycles. The number of nitrogens with one attached hydrogen (secondary N) is 1. The number of imidazole rings is 1. The van der Waals surface area contributed by atoms with Gasteiger partial charge in [-0.05, 0) is 35.4 Å². The van der Waals surface area contributed by atoms with E-state index in [1.165, 1.54) is 0 Å². The van der Waals surface area contributed by atoms with E-state index in [4.69, 9.17) is 10.1 Å². The lowest BCUT2D eigenvalue weighted by Gasteiger charge is -2.13. The smallest absolute Gasteiger partial charge is 0.203 e.